The SMILES string of the molecule is Cc1cc(Nc2nccn3c(-c4cn[nH]c4C(F)(F)F)cnc23)ccc1C(=O)N1CCN(C(=O)[C@@H]2CNCC[C@@H]2O)CC1. The lowest BCUT2D eigenvalue weighted by molar-refractivity contribution is -0.142. The number of carbonyl (C=O) groups is 2. The number of piperidine rings is 1. The molecule has 0 unspecified atom stereocenters. The van der Waals surface area contributed by atoms with Gasteiger partial charge >= 0.3 is 6.18 Å². The highest BCUT2D eigenvalue weighted by atomic mass is 19.4. The van der Waals surface area contributed by atoms with Crippen molar-refractivity contribution in [1.29, 1.82) is 0 Å². The van der Waals surface area contributed by atoms with Gasteiger partial charge in [0.1, 0.15) is 5.69 Å². The normalized spacial score (nSPS) is 19.6. The van der Waals surface area contributed by atoms with Crippen molar-refractivity contribution in [1.82, 2.24) is 39.7 Å². The van der Waals surface area contributed by atoms with Crippen LogP contribution in [0.1, 0.15) is 28.0 Å². The van der Waals surface area contributed by atoms with Gasteiger partial charge in [-0.05, 0) is 43.7 Å². The molecular formula is C28H30F3N9O3. The molecule has 226 valence electrons. The number of piperazine rings is 1. The Kier molecular flexibility index (Phi) is 7.52. The molecule has 2 atom stereocenters. The number of imidazole rings is 1. The van der Waals surface area contributed by atoms with E-state index in [0.29, 0.717) is 74.0 Å². The highest BCUT2D eigenvalue weighted by Gasteiger charge is 2.37. The van der Waals surface area contributed by atoms with Crippen LogP contribution in [0.5, 0.6) is 0 Å². The number of aliphatic hydroxyl groups excluding tert-OH is 1. The minimum Gasteiger partial charge on any atom is -0.392 e. The fourth-order valence-corrected chi connectivity index (χ4v) is 5.65. The molecule has 2 aliphatic rings. The highest BCUT2D eigenvalue weighted by molar-refractivity contribution is 5.96. The zero-order valence-corrected chi connectivity index (χ0v) is 23.2. The fraction of sp³-hybridized carbons (Fsp3) is 0.393. The Morgan fingerprint density at radius 3 is 2.58 bits per heavy atom. The average molecular weight is 598 g/mol. The maximum Gasteiger partial charge on any atom is 0.433 e. The zero-order valence-electron chi connectivity index (χ0n) is 23.2. The molecule has 5 heterocycles. The van der Waals surface area contributed by atoms with Gasteiger partial charge in [-0.1, -0.05) is 0 Å². The van der Waals surface area contributed by atoms with Gasteiger partial charge in [0.15, 0.2) is 11.5 Å². The van der Waals surface area contributed by atoms with E-state index in [0.717, 1.165) is 6.20 Å². The van der Waals surface area contributed by atoms with Crippen molar-refractivity contribution in [3.63, 3.8) is 0 Å². The largest absolute Gasteiger partial charge is 0.433 e. The Bertz CT molecular complexity index is 1660. The summed E-state index contributed by atoms with van der Waals surface area (Å²) < 4.78 is 41.8. The number of alkyl halides is 3. The Morgan fingerprint density at radius 1 is 1.09 bits per heavy atom. The van der Waals surface area contributed by atoms with Crippen LogP contribution >= 0.6 is 0 Å². The molecule has 3 aromatic heterocycles. The van der Waals surface area contributed by atoms with Gasteiger partial charge in [-0.15, -0.1) is 0 Å². The molecule has 2 fully saturated rings. The summed E-state index contributed by atoms with van der Waals surface area (Å²) in [5, 5.41) is 22.1. The average Bonchev–Trinajstić information content (AvgIpc) is 3.65. The first-order valence-electron chi connectivity index (χ1n) is 13.9. The summed E-state index contributed by atoms with van der Waals surface area (Å²) in [5.74, 6) is -0.370. The van der Waals surface area contributed by atoms with Crippen molar-refractivity contribution >= 4 is 29.0 Å². The summed E-state index contributed by atoms with van der Waals surface area (Å²) in [4.78, 5) is 38.3. The summed E-state index contributed by atoms with van der Waals surface area (Å²) in [6, 6.07) is 5.22. The topological polar surface area (TPSA) is 144 Å². The second-order valence-electron chi connectivity index (χ2n) is 10.7. The number of amides is 2. The lowest BCUT2D eigenvalue weighted by Gasteiger charge is -2.38. The molecule has 43 heavy (non-hydrogen) atoms. The monoisotopic (exact) mass is 597 g/mol. The molecule has 15 heteroatoms. The molecular weight excluding hydrogens is 567 g/mol. The van der Waals surface area contributed by atoms with Crippen molar-refractivity contribution in [2.24, 2.45) is 5.92 Å². The van der Waals surface area contributed by atoms with Crippen molar-refractivity contribution in [3.8, 4) is 11.3 Å². The lowest BCUT2D eigenvalue weighted by atomic mass is 9.94. The molecule has 0 spiro atoms. The number of benzene rings is 1. The van der Waals surface area contributed by atoms with Gasteiger partial charge in [0.05, 0.1) is 35.7 Å². The Labute approximate surface area is 243 Å². The smallest absolute Gasteiger partial charge is 0.392 e. The number of H-pyrrole nitrogens is 1. The van der Waals surface area contributed by atoms with Gasteiger partial charge in [0.2, 0.25) is 5.91 Å². The molecule has 1 aromatic carbocycles. The molecule has 4 aromatic rings. The molecule has 4 N–H and O–H groups in total. The minimum absolute atomic E-state index is 0.0859. The first-order valence-corrected chi connectivity index (χ1v) is 13.9. The number of nitrogens with zero attached hydrogens (tertiary/aromatic N) is 6. The molecule has 0 bridgehead atoms. The maximum absolute atomic E-state index is 13.4. The predicted octanol–water partition coefficient (Wildman–Crippen LogP) is 2.45. The molecule has 6 rings (SSSR count). The third-order valence-corrected chi connectivity index (χ3v) is 7.99. The van der Waals surface area contributed by atoms with E-state index in [9.17, 15) is 27.9 Å². The van der Waals surface area contributed by atoms with Crippen molar-refractivity contribution in [2.45, 2.75) is 25.6 Å². The number of halogens is 3. The quantitative estimate of drug-likeness (QED) is 0.275. The van der Waals surface area contributed by atoms with Crippen molar-refractivity contribution in [3.05, 3.63) is 59.8 Å². The van der Waals surface area contributed by atoms with E-state index in [1.165, 1.54) is 23.0 Å². The predicted molar refractivity (Wildman–Crippen MR) is 149 cm³/mol. The number of hydrogen-bond acceptors (Lipinski definition) is 8. The number of rotatable bonds is 5. The standard InChI is InChI=1S/C28H30F3N9O3/c1-16-12-17(36-24-25-34-15-21(40(25)7-6-33-24)19-14-35-37-23(19)28(29,30)31)2-3-18(16)26(42)38-8-10-39(11-9-38)27(43)20-13-32-5-4-22(20)41/h2-3,6-7,12,14-15,20,22,32,41H,4-5,8-11,13H2,1H3,(H,33,36)(H,35,37)/t20-,22+/m1/s1. The maximum atomic E-state index is 13.4. The van der Waals surface area contributed by atoms with Crippen LogP contribution in [-0.2, 0) is 11.0 Å². The lowest BCUT2D eigenvalue weighted by Crippen LogP contribution is -2.55. The van der Waals surface area contributed by atoms with Gasteiger partial charge in [-0.3, -0.25) is 19.1 Å². The number of aryl methyl sites for hydroxylation is 1. The number of nitrogens with one attached hydrogen (secondary N) is 3. The van der Waals surface area contributed by atoms with Gasteiger partial charge in [-0.25, -0.2) is 9.97 Å². The van der Waals surface area contributed by atoms with E-state index in [-0.39, 0.29) is 23.1 Å². The van der Waals surface area contributed by atoms with Gasteiger partial charge in [0, 0.05) is 56.4 Å². The summed E-state index contributed by atoms with van der Waals surface area (Å²) in [5.41, 5.74) is 1.27. The van der Waals surface area contributed by atoms with Crippen LogP contribution < -0.4 is 10.6 Å². The van der Waals surface area contributed by atoms with Crippen molar-refractivity contribution < 1.29 is 27.9 Å². The second-order valence-corrected chi connectivity index (χ2v) is 10.7. The molecule has 0 aliphatic carbocycles. The van der Waals surface area contributed by atoms with Crippen LogP contribution in [0.15, 0.2) is 43.0 Å². The van der Waals surface area contributed by atoms with Crippen molar-refractivity contribution in [2.75, 3.05) is 44.6 Å². The fourth-order valence-electron chi connectivity index (χ4n) is 5.65. The van der Waals surface area contributed by atoms with Gasteiger partial charge in [0.25, 0.3) is 5.91 Å². The molecule has 0 saturated carbocycles. The van der Waals surface area contributed by atoms with E-state index < -0.39 is 23.9 Å². The molecule has 2 saturated heterocycles. The van der Waals surface area contributed by atoms with Crippen LogP contribution in [0, 0.1) is 12.8 Å². The molecule has 2 aliphatic heterocycles. The van der Waals surface area contributed by atoms with E-state index in [1.54, 1.807) is 28.0 Å². The Morgan fingerprint density at radius 2 is 1.86 bits per heavy atom. The first kappa shape index (κ1) is 28.6. The minimum atomic E-state index is -4.61. The van der Waals surface area contributed by atoms with Crippen LogP contribution in [-0.4, -0.2) is 96.7 Å². The van der Waals surface area contributed by atoms with E-state index in [4.69, 9.17) is 0 Å². The number of carbonyl (C=O) groups excluding carboxylic acids is 2. The summed E-state index contributed by atoms with van der Waals surface area (Å²) in [6.07, 6.45) is 0.689. The highest BCUT2D eigenvalue weighted by Crippen LogP contribution is 2.36. The first-order chi connectivity index (χ1) is 20.6. The van der Waals surface area contributed by atoms with Crippen LogP contribution in [0.4, 0.5) is 24.7 Å². The second kappa shape index (κ2) is 11.3. The number of hydrogen-bond donors (Lipinski definition) is 4. The number of aromatic nitrogens is 5. The molecule has 2 amide bonds. The summed E-state index contributed by atoms with van der Waals surface area (Å²) in [7, 11) is 0. The zero-order chi connectivity index (χ0) is 30.3. The van der Waals surface area contributed by atoms with Crippen LogP contribution in [0.2, 0.25) is 0 Å². The molecule has 0 radical (unpaired) electrons. The molecule has 12 nitrogen and oxygen atoms in total. The number of aliphatic hydroxyl groups is 1. The van der Waals surface area contributed by atoms with Crippen LogP contribution in [0.25, 0.3) is 16.9 Å². The third kappa shape index (κ3) is 5.52. The Hall–Kier alpha value is -4.50. The van der Waals surface area contributed by atoms with Crippen LogP contribution in [0.3, 0.4) is 0 Å². The van der Waals surface area contributed by atoms with Gasteiger partial charge in [-0.2, -0.15) is 18.3 Å². The number of anilines is 2. The number of aromatic amines is 1. The Balaban J connectivity index is 1.14. The van der Waals surface area contributed by atoms with E-state index in [1.807, 2.05) is 12.0 Å². The third-order valence-electron chi connectivity index (χ3n) is 7.99. The summed E-state index contributed by atoms with van der Waals surface area (Å²) in [6.45, 7) is 4.54. The van der Waals surface area contributed by atoms with Gasteiger partial charge < -0.3 is 25.5 Å². The van der Waals surface area contributed by atoms with E-state index >= 15 is 0 Å². The number of fused-ring (bicyclic) bond motifs is 1. The van der Waals surface area contributed by atoms with E-state index in [2.05, 4.69) is 25.7 Å². The summed E-state index contributed by atoms with van der Waals surface area (Å²) >= 11 is 0.